The normalized spacial score (nSPS) is 10.9. The van der Waals surface area contributed by atoms with E-state index in [1.807, 2.05) is 48.5 Å². The molecule has 0 spiro atoms. The van der Waals surface area contributed by atoms with Gasteiger partial charge in [-0.15, -0.1) is 0 Å². The van der Waals surface area contributed by atoms with Crippen LogP contribution in [0.4, 0.5) is 5.13 Å². The largest absolute Gasteiger partial charge is 0.497 e. The maximum atomic E-state index is 12.2. The number of rotatable bonds is 6. The van der Waals surface area contributed by atoms with Crippen molar-refractivity contribution in [2.45, 2.75) is 12.8 Å². The van der Waals surface area contributed by atoms with E-state index >= 15 is 0 Å². The highest BCUT2D eigenvalue weighted by molar-refractivity contribution is 7.22. The summed E-state index contributed by atoms with van der Waals surface area (Å²) in [5, 5.41) is 3.41. The number of methoxy groups -OCH3 is 1. The first-order valence-corrected chi connectivity index (χ1v) is 9.27. The zero-order chi connectivity index (χ0) is 18.6. The van der Waals surface area contributed by atoms with E-state index in [4.69, 9.17) is 9.15 Å². The molecule has 27 heavy (non-hydrogen) atoms. The van der Waals surface area contributed by atoms with Crippen molar-refractivity contribution in [3.05, 3.63) is 60.6 Å². The van der Waals surface area contributed by atoms with Crippen LogP contribution in [0.25, 0.3) is 21.5 Å². The molecule has 0 aliphatic heterocycles. The molecular formula is C20H17N3O3S. The molecule has 0 saturated heterocycles. The van der Waals surface area contributed by atoms with E-state index in [-0.39, 0.29) is 12.3 Å². The molecule has 7 heteroatoms. The molecule has 0 fully saturated rings. The predicted molar refractivity (Wildman–Crippen MR) is 105 cm³/mol. The lowest BCUT2D eigenvalue weighted by Crippen LogP contribution is -2.12. The van der Waals surface area contributed by atoms with Gasteiger partial charge in [0.05, 0.1) is 23.5 Å². The smallest absolute Gasteiger partial charge is 0.226 e. The number of nitrogens with one attached hydrogen (secondary N) is 1. The van der Waals surface area contributed by atoms with E-state index in [1.165, 1.54) is 11.3 Å². The number of amides is 1. The van der Waals surface area contributed by atoms with E-state index in [2.05, 4.69) is 15.3 Å². The van der Waals surface area contributed by atoms with Crippen molar-refractivity contribution in [1.82, 2.24) is 9.97 Å². The molecule has 1 N–H and O–H groups in total. The van der Waals surface area contributed by atoms with E-state index in [0.717, 1.165) is 21.5 Å². The highest BCUT2D eigenvalue weighted by atomic mass is 32.1. The number of carbonyl (C=O) groups is 1. The van der Waals surface area contributed by atoms with Crippen molar-refractivity contribution in [2.24, 2.45) is 0 Å². The number of oxazole rings is 1. The SMILES string of the molecule is COc1ccc2nc(NC(=O)CCc3ncc(-c4ccccc4)o3)sc2c1. The first-order chi connectivity index (χ1) is 13.2. The van der Waals surface area contributed by atoms with Gasteiger partial charge in [-0.2, -0.15) is 0 Å². The van der Waals surface area contributed by atoms with Crippen molar-refractivity contribution >= 4 is 32.6 Å². The maximum absolute atomic E-state index is 12.2. The molecule has 0 atom stereocenters. The van der Waals surface area contributed by atoms with Crippen LogP contribution in [-0.4, -0.2) is 23.0 Å². The third kappa shape index (κ3) is 3.98. The second-order valence-electron chi connectivity index (χ2n) is 5.89. The molecule has 0 aliphatic carbocycles. The van der Waals surface area contributed by atoms with Crippen molar-refractivity contribution in [3.8, 4) is 17.1 Å². The third-order valence-electron chi connectivity index (χ3n) is 4.02. The van der Waals surface area contributed by atoms with E-state index in [0.29, 0.717) is 23.2 Å². The molecule has 6 nitrogen and oxygen atoms in total. The summed E-state index contributed by atoms with van der Waals surface area (Å²) >= 11 is 1.42. The van der Waals surface area contributed by atoms with Crippen LogP contribution in [0.5, 0.6) is 5.75 Å². The van der Waals surface area contributed by atoms with Crippen LogP contribution in [-0.2, 0) is 11.2 Å². The average Bonchev–Trinajstić information content (AvgIpc) is 3.33. The summed E-state index contributed by atoms with van der Waals surface area (Å²) in [5.74, 6) is 1.88. The van der Waals surface area contributed by atoms with Crippen molar-refractivity contribution in [2.75, 3.05) is 12.4 Å². The van der Waals surface area contributed by atoms with Crippen LogP contribution in [0.2, 0.25) is 0 Å². The number of hydrogen-bond acceptors (Lipinski definition) is 6. The third-order valence-corrected chi connectivity index (χ3v) is 4.95. The number of nitrogens with zero attached hydrogens (tertiary/aromatic N) is 2. The standard InChI is InChI=1S/C20H17N3O3S/c1-25-14-7-8-15-17(11-14)27-20(22-15)23-18(24)9-10-19-21-12-16(26-19)13-5-3-2-4-6-13/h2-8,11-12H,9-10H2,1H3,(H,22,23,24). The van der Waals surface area contributed by atoms with E-state index < -0.39 is 0 Å². The molecule has 0 radical (unpaired) electrons. The number of ether oxygens (including phenoxy) is 1. The van der Waals surface area contributed by atoms with E-state index in [1.54, 1.807) is 13.3 Å². The number of carbonyl (C=O) groups excluding carboxylic acids is 1. The van der Waals surface area contributed by atoms with Gasteiger partial charge in [-0.3, -0.25) is 4.79 Å². The van der Waals surface area contributed by atoms with Gasteiger partial charge in [0, 0.05) is 18.4 Å². The first kappa shape index (κ1) is 17.2. The number of thiazole rings is 1. The number of anilines is 1. The molecule has 0 aliphatic rings. The maximum Gasteiger partial charge on any atom is 0.226 e. The monoisotopic (exact) mass is 379 g/mol. The van der Waals surface area contributed by atoms with Crippen molar-refractivity contribution in [1.29, 1.82) is 0 Å². The second kappa shape index (κ2) is 7.59. The summed E-state index contributed by atoms with van der Waals surface area (Å²) in [7, 11) is 1.62. The fourth-order valence-electron chi connectivity index (χ4n) is 2.65. The molecule has 2 aromatic carbocycles. The molecular weight excluding hydrogens is 362 g/mol. The summed E-state index contributed by atoms with van der Waals surface area (Å²) in [6.07, 6.45) is 2.38. The lowest BCUT2D eigenvalue weighted by molar-refractivity contribution is -0.116. The lowest BCUT2D eigenvalue weighted by Gasteiger charge is -1.99. The number of fused-ring (bicyclic) bond motifs is 1. The number of aryl methyl sites for hydroxylation is 1. The van der Waals surface area contributed by atoms with Gasteiger partial charge in [0.25, 0.3) is 0 Å². The highest BCUT2D eigenvalue weighted by Gasteiger charge is 2.11. The summed E-state index contributed by atoms with van der Waals surface area (Å²) in [6.45, 7) is 0. The Morgan fingerprint density at radius 3 is 2.89 bits per heavy atom. The molecule has 4 aromatic rings. The van der Waals surface area contributed by atoms with Crippen LogP contribution >= 0.6 is 11.3 Å². The number of benzene rings is 2. The van der Waals surface area contributed by atoms with Gasteiger partial charge in [-0.05, 0) is 18.2 Å². The van der Waals surface area contributed by atoms with Gasteiger partial charge in [0.15, 0.2) is 16.8 Å². The van der Waals surface area contributed by atoms with Gasteiger partial charge in [-0.1, -0.05) is 41.7 Å². The Morgan fingerprint density at radius 2 is 2.07 bits per heavy atom. The fourth-order valence-corrected chi connectivity index (χ4v) is 3.56. The summed E-state index contributed by atoms with van der Waals surface area (Å²) in [5.41, 5.74) is 1.79. The molecule has 2 aromatic heterocycles. The Kier molecular flexibility index (Phi) is 4.84. The summed E-state index contributed by atoms with van der Waals surface area (Å²) < 4.78 is 11.9. The minimum Gasteiger partial charge on any atom is -0.497 e. The van der Waals surface area contributed by atoms with Gasteiger partial charge < -0.3 is 14.5 Å². The molecule has 2 heterocycles. The molecule has 0 saturated carbocycles. The van der Waals surface area contributed by atoms with Crippen molar-refractivity contribution in [3.63, 3.8) is 0 Å². The Bertz CT molecular complexity index is 1070. The van der Waals surface area contributed by atoms with Crippen LogP contribution < -0.4 is 10.1 Å². The summed E-state index contributed by atoms with van der Waals surface area (Å²) in [4.78, 5) is 20.9. The second-order valence-corrected chi connectivity index (χ2v) is 6.92. The summed E-state index contributed by atoms with van der Waals surface area (Å²) in [6, 6.07) is 15.4. The van der Waals surface area contributed by atoms with E-state index in [9.17, 15) is 4.79 Å². The molecule has 0 unspecified atom stereocenters. The molecule has 1 amide bonds. The quantitative estimate of drug-likeness (QED) is 0.532. The predicted octanol–water partition coefficient (Wildman–Crippen LogP) is 4.53. The minimum atomic E-state index is -0.125. The Labute approximate surface area is 159 Å². The average molecular weight is 379 g/mol. The number of aromatic nitrogens is 2. The van der Waals surface area contributed by atoms with Crippen LogP contribution in [0.1, 0.15) is 12.3 Å². The first-order valence-electron chi connectivity index (χ1n) is 8.46. The van der Waals surface area contributed by atoms with Gasteiger partial charge >= 0.3 is 0 Å². The Hall–Kier alpha value is -3.19. The molecule has 4 rings (SSSR count). The zero-order valence-electron chi connectivity index (χ0n) is 14.6. The van der Waals surface area contributed by atoms with Gasteiger partial charge in [-0.25, -0.2) is 9.97 Å². The van der Waals surface area contributed by atoms with Gasteiger partial charge in [0.1, 0.15) is 5.75 Å². The zero-order valence-corrected chi connectivity index (χ0v) is 15.5. The van der Waals surface area contributed by atoms with Crippen molar-refractivity contribution < 1.29 is 13.9 Å². The van der Waals surface area contributed by atoms with Crippen LogP contribution in [0.3, 0.4) is 0 Å². The minimum absolute atomic E-state index is 0.125. The molecule has 136 valence electrons. The molecule has 0 bridgehead atoms. The van der Waals surface area contributed by atoms with Gasteiger partial charge in [0.2, 0.25) is 5.91 Å². The number of hydrogen-bond donors (Lipinski definition) is 1. The highest BCUT2D eigenvalue weighted by Crippen LogP contribution is 2.29. The van der Waals surface area contributed by atoms with Crippen LogP contribution in [0, 0.1) is 0 Å². The topological polar surface area (TPSA) is 77.2 Å². The van der Waals surface area contributed by atoms with Crippen LogP contribution in [0.15, 0.2) is 59.1 Å². The Balaban J connectivity index is 1.37. The fraction of sp³-hybridized carbons (Fsp3) is 0.150. The lowest BCUT2D eigenvalue weighted by atomic mass is 10.2. The Morgan fingerprint density at radius 1 is 1.22 bits per heavy atom.